The van der Waals surface area contributed by atoms with Gasteiger partial charge < -0.3 is 9.47 Å². The minimum absolute atomic E-state index is 0.00157. The molecule has 4 rings (SSSR count). The number of ether oxygens (including phenoxy) is 2. The SMILES string of the molecule is CC(OCC1(c2ccccc2)CCC2(CC1)CC(=O)OC2=O)c1cc(C(F)(F)F)cc(C(F)(F)F)c1. The summed E-state index contributed by atoms with van der Waals surface area (Å²) in [5.41, 5.74) is -3.69. The highest BCUT2D eigenvalue weighted by Gasteiger charge is 2.54. The van der Waals surface area contributed by atoms with Crippen molar-refractivity contribution < 1.29 is 45.4 Å². The van der Waals surface area contributed by atoms with Crippen molar-refractivity contribution in [2.24, 2.45) is 5.41 Å². The maximum absolute atomic E-state index is 13.3. The highest BCUT2D eigenvalue weighted by molar-refractivity contribution is 5.97. The number of carbonyl (C=O) groups excluding carboxylic acids is 2. The first-order valence-corrected chi connectivity index (χ1v) is 11.5. The van der Waals surface area contributed by atoms with Crippen LogP contribution >= 0.6 is 0 Å². The number of hydrogen-bond donors (Lipinski definition) is 0. The number of esters is 2. The van der Waals surface area contributed by atoms with Gasteiger partial charge in [-0.2, -0.15) is 26.3 Å². The van der Waals surface area contributed by atoms with Gasteiger partial charge in [-0.05, 0) is 61.9 Å². The second-order valence-corrected chi connectivity index (χ2v) is 9.66. The van der Waals surface area contributed by atoms with Gasteiger partial charge in [0.2, 0.25) is 0 Å². The van der Waals surface area contributed by atoms with E-state index in [0.717, 1.165) is 5.56 Å². The van der Waals surface area contributed by atoms with Crippen molar-refractivity contribution in [3.63, 3.8) is 0 Å². The Labute approximate surface area is 203 Å². The molecule has 0 radical (unpaired) electrons. The molecule has 0 bridgehead atoms. The van der Waals surface area contributed by atoms with Crippen LogP contribution in [0, 0.1) is 5.41 Å². The monoisotopic (exact) mass is 514 g/mol. The molecule has 2 aliphatic rings. The Bertz CT molecular complexity index is 1100. The summed E-state index contributed by atoms with van der Waals surface area (Å²) < 4.78 is 90.5. The third-order valence-corrected chi connectivity index (χ3v) is 7.36. The Kier molecular flexibility index (Phi) is 6.70. The first-order valence-electron chi connectivity index (χ1n) is 11.5. The molecule has 0 aromatic heterocycles. The predicted molar refractivity (Wildman–Crippen MR) is 116 cm³/mol. The van der Waals surface area contributed by atoms with Crippen molar-refractivity contribution in [1.82, 2.24) is 0 Å². The number of benzene rings is 2. The van der Waals surface area contributed by atoms with E-state index in [1.807, 2.05) is 30.3 Å². The van der Waals surface area contributed by atoms with E-state index in [-0.39, 0.29) is 24.7 Å². The highest BCUT2D eigenvalue weighted by atomic mass is 19.4. The first kappa shape index (κ1) is 26.2. The molecule has 0 N–H and O–H groups in total. The number of alkyl halides is 6. The fraction of sp³-hybridized carbons (Fsp3) is 0.462. The molecular formula is C26H24F6O4. The van der Waals surface area contributed by atoms with Gasteiger partial charge in [0.05, 0.1) is 35.7 Å². The van der Waals surface area contributed by atoms with Crippen molar-refractivity contribution in [2.45, 2.75) is 62.9 Å². The van der Waals surface area contributed by atoms with Crippen molar-refractivity contribution >= 4 is 11.9 Å². The summed E-state index contributed by atoms with van der Waals surface area (Å²) >= 11 is 0. The molecule has 1 aliphatic carbocycles. The smallest absolute Gasteiger partial charge is 0.393 e. The molecular weight excluding hydrogens is 490 g/mol. The predicted octanol–water partition coefficient (Wildman–Crippen LogP) is 6.77. The summed E-state index contributed by atoms with van der Waals surface area (Å²) in [5, 5.41) is 0. The van der Waals surface area contributed by atoms with Gasteiger partial charge in [-0.25, -0.2) is 0 Å². The maximum Gasteiger partial charge on any atom is 0.416 e. The second kappa shape index (κ2) is 9.21. The third-order valence-electron chi connectivity index (χ3n) is 7.36. The minimum atomic E-state index is -4.95. The molecule has 1 atom stereocenters. The summed E-state index contributed by atoms with van der Waals surface area (Å²) in [6, 6.07) is 10.6. The highest BCUT2D eigenvalue weighted by Crippen LogP contribution is 2.52. The van der Waals surface area contributed by atoms with Crippen molar-refractivity contribution in [3.05, 3.63) is 70.8 Å². The molecule has 194 valence electrons. The average Bonchev–Trinajstić information content (AvgIpc) is 3.10. The number of hydrogen-bond acceptors (Lipinski definition) is 4. The molecule has 0 amide bonds. The van der Waals surface area contributed by atoms with E-state index in [9.17, 15) is 35.9 Å². The summed E-state index contributed by atoms with van der Waals surface area (Å²) in [5.74, 6) is -1.12. The van der Waals surface area contributed by atoms with Crippen LogP contribution in [0.15, 0.2) is 48.5 Å². The minimum Gasteiger partial charge on any atom is -0.393 e. The van der Waals surface area contributed by atoms with Crippen LogP contribution in [0.4, 0.5) is 26.3 Å². The van der Waals surface area contributed by atoms with Crippen molar-refractivity contribution in [1.29, 1.82) is 0 Å². The van der Waals surface area contributed by atoms with Crippen LogP contribution < -0.4 is 0 Å². The van der Waals surface area contributed by atoms with Crippen LogP contribution in [-0.2, 0) is 36.8 Å². The average molecular weight is 514 g/mol. The number of carbonyl (C=O) groups is 2. The Morgan fingerprint density at radius 1 is 0.889 bits per heavy atom. The van der Waals surface area contributed by atoms with Crippen LogP contribution in [0.5, 0.6) is 0 Å². The van der Waals surface area contributed by atoms with Gasteiger partial charge in [0, 0.05) is 5.41 Å². The Morgan fingerprint density at radius 3 is 1.92 bits per heavy atom. The molecule has 2 aromatic rings. The van der Waals surface area contributed by atoms with Crippen molar-refractivity contribution in [3.8, 4) is 0 Å². The summed E-state index contributed by atoms with van der Waals surface area (Å²) in [7, 11) is 0. The zero-order chi connectivity index (χ0) is 26.4. The number of cyclic esters (lactones) is 2. The lowest BCUT2D eigenvalue weighted by molar-refractivity contribution is -0.156. The van der Waals surface area contributed by atoms with Gasteiger partial charge in [0.25, 0.3) is 0 Å². The van der Waals surface area contributed by atoms with E-state index >= 15 is 0 Å². The lowest BCUT2D eigenvalue weighted by Gasteiger charge is -2.43. The molecule has 2 aromatic carbocycles. The van der Waals surface area contributed by atoms with Gasteiger partial charge in [0.1, 0.15) is 0 Å². The van der Waals surface area contributed by atoms with E-state index in [0.29, 0.717) is 37.8 Å². The fourth-order valence-corrected chi connectivity index (χ4v) is 5.09. The zero-order valence-electron chi connectivity index (χ0n) is 19.3. The summed E-state index contributed by atoms with van der Waals surface area (Å²) in [6.07, 6.45) is -9.40. The standard InChI is InChI=1S/C26H24F6O4/c1-16(17-11-19(25(27,28)29)13-20(12-17)26(30,31)32)35-15-24(18-5-3-2-4-6-18)9-7-23(8-10-24)14-21(33)36-22(23)34/h2-6,11-13,16H,7-10,14-15H2,1H3. The van der Waals surface area contributed by atoms with E-state index < -0.39 is 52.4 Å². The summed E-state index contributed by atoms with van der Waals surface area (Å²) in [6.45, 7) is 1.42. The molecule has 1 saturated carbocycles. The lowest BCUT2D eigenvalue weighted by atomic mass is 9.61. The Hall–Kier alpha value is -2.88. The molecule has 1 unspecified atom stereocenters. The van der Waals surface area contributed by atoms with Crippen LogP contribution in [0.3, 0.4) is 0 Å². The maximum atomic E-state index is 13.3. The molecule has 10 heteroatoms. The number of rotatable bonds is 5. The molecule has 1 aliphatic heterocycles. The quantitative estimate of drug-likeness (QED) is 0.251. The van der Waals surface area contributed by atoms with Crippen LogP contribution in [0.1, 0.15) is 67.4 Å². The molecule has 1 spiro atoms. The van der Waals surface area contributed by atoms with Gasteiger partial charge in [-0.3, -0.25) is 9.59 Å². The topological polar surface area (TPSA) is 52.6 Å². The Balaban J connectivity index is 1.59. The molecule has 2 fully saturated rings. The van der Waals surface area contributed by atoms with E-state index in [4.69, 9.17) is 9.47 Å². The van der Waals surface area contributed by atoms with Crippen LogP contribution in [-0.4, -0.2) is 18.5 Å². The van der Waals surface area contributed by atoms with Gasteiger partial charge in [-0.1, -0.05) is 30.3 Å². The first-order chi connectivity index (χ1) is 16.7. The van der Waals surface area contributed by atoms with E-state index in [2.05, 4.69) is 0 Å². The van der Waals surface area contributed by atoms with E-state index in [1.165, 1.54) is 6.92 Å². The number of halogens is 6. The van der Waals surface area contributed by atoms with Crippen molar-refractivity contribution in [2.75, 3.05) is 6.61 Å². The van der Waals surface area contributed by atoms with Gasteiger partial charge in [-0.15, -0.1) is 0 Å². The van der Waals surface area contributed by atoms with Gasteiger partial charge >= 0.3 is 24.3 Å². The third kappa shape index (κ3) is 5.14. The lowest BCUT2D eigenvalue weighted by Crippen LogP contribution is -2.42. The second-order valence-electron chi connectivity index (χ2n) is 9.66. The van der Waals surface area contributed by atoms with Crippen LogP contribution in [0.2, 0.25) is 0 Å². The zero-order valence-corrected chi connectivity index (χ0v) is 19.3. The van der Waals surface area contributed by atoms with Gasteiger partial charge in [0.15, 0.2) is 0 Å². The van der Waals surface area contributed by atoms with E-state index in [1.54, 1.807) is 0 Å². The normalized spacial score (nSPS) is 25.8. The van der Waals surface area contributed by atoms with Crippen LogP contribution in [0.25, 0.3) is 0 Å². The molecule has 1 saturated heterocycles. The molecule has 1 heterocycles. The molecule has 36 heavy (non-hydrogen) atoms. The summed E-state index contributed by atoms with van der Waals surface area (Å²) in [4.78, 5) is 24.0. The molecule has 4 nitrogen and oxygen atoms in total. The fourth-order valence-electron chi connectivity index (χ4n) is 5.09. The largest absolute Gasteiger partial charge is 0.416 e. The Morgan fingerprint density at radius 2 is 1.44 bits per heavy atom.